The molecule has 0 spiro atoms. The van der Waals surface area contributed by atoms with E-state index in [4.69, 9.17) is 16.5 Å². The predicted molar refractivity (Wildman–Crippen MR) is 118 cm³/mol. The van der Waals surface area contributed by atoms with Gasteiger partial charge in [0.2, 0.25) is 0 Å². The molecule has 1 aliphatic carbocycles. The zero-order valence-corrected chi connectivity index (χ0v) is 17.9. The Balaban J connectivity index is 1.59. The molecule has 4 N–H and O–H groups in total. The average Bonchev–Trinajstić information content (AvgIpc) is 3.17. The van der Waals surface area contributed by atoms with Crippen LogP contribution in [0.4, 0.5) is 10.2 Å². The van der Waals surface area contributed by atoms with Crippen LogP contribution < -0.4 is 11.5 Å². The molecule has 8 nitrogen and oxygen atoms in total. The molecule has 164 valence electrons. The molecule has 0 saturated carbocycles. The molecule has 0 bridgehead atoms. The SMILES string of the molecule is NCc1c(C2CCS(=O)(=O)CC2)nc2c(C3=CN=C4CCC(F)C=C4C3)cnn2c1N. The van der Waals surface area contributed by atoms with Crippen molar-refractivity contribution in [2.75, 3.05) is 17.2 Å². The highest BCUT2D eigenvalue weighted by molar-refractivity contribution is 7.91. The quantitative estimate of drug-likeness (QED) is 0.747. The molecule has 1 atom stereocenters. The molecular formula is C21H25FN6O2S. The number of hydrogen-bond donors (Lipinski definition) is 2. The minimum Gasteiger partial charge on any atom is -0.383 e. The van der Waals surface area contributed by atoms with Crippen molar-refractivity contribution >= 4 is 32.6 Å². The Hall–Kier alpha value is -2.59. The van der Waals surface area contributed by atoms with Gasteiger partial charge in [-0.2, -0.15) is 9.61 Å². The van der Waals surface area contributed by atoms with Crippen molar-refractivity contribution in [1.29, 1.82) is 0 Å². The molecule has 31 heavy (non-hydrogen) atoms. The summed E-state index contributed by atoms with van der Waals surface area (Å²) in [6.07, 6.45) is 6.92. The van der Waals surface area contributed by atoms with Gasteiger partial charge < -0.3 is 11.5 Å². The summed E-state index contributed by atoms with van der Waals surface area (Å²) < 4.78 is 39.2. The molecule has 0 aromatic carbocycles. The third kappa shape index (κ3) is 3.57. The number of aliphatic imine (C=N–C) groups is 1. The summed E-state index contributed by atoms with van der Waals surface area (Å²) in [7, 11) is -2.99. The van der Waals surface area contributed by atoms with E-state index in [1.807, 2.05) is 6.20 Å². The Morgan fingerprint density at radius 2 is 1.97 bits per heavy atom. The Labute approximate surface area is 179 Å². The number of fused-ring (bicyclic) bond motifs is 2. The molecule has 10 heteroatoms. The molecule has 1 saturated heterocycles. The van der Waals surface area contributed by atoms with Gasteiger partial charge >= 0.3 is 0 Å². The smallest absolute Gasteiger partial charge is 0.165 e. The van der Waals surface area contributed by atoms with Crippen LogP contribution in [0, 0.1) is 0 Å². The van der Waals surface area contributed by atoms with E-state index in [2.05, 4.69) is 10.1 Å². The fraction of sp³-hybridized carbons (Fsp3) is 0.476. The van der Waals surface area contributed by atoms with Gasteiger partial charge in [0.05, 0.1) is 23.4 Å². The van der Waals surface area contributed by atoms with Crippen molar-refractivity contribution in [3.05, 3.63) is 40.9 Å². The number of nitrogen functional groups attached to an aromatic ring is 1. The minimum atomic E-state index is -2.99. The molecule has 3 aliphatic rings. The number of rotatable bonds is 3. The number of nitrogens with zero attached hydrogens (tertiary/aromatic N) is 4. The number of alkyl halides is 1. The minimum absolute atomic E-state index is 0.0181. The third-order valence-corrected chi connectivity index (χ3v) is 8.19. The van der Waals surface area contributed by atoms with Crippen LogP contribution in [0.3, 0.4) is 0 Å². The second-order valence-corrected chi connectivity index (χ2v) is 10.7. The Morgan fingerprint density at radius 1 is 1.19 bits per heavy atom. The number of anilines is 1. The molecule has 0 radical (unpaired) electrons. The lowest BCUT2D eigenvalue weighted by Crippen LogP contribution is -2.25. The molecule has 0 amide bonds. The van der Waals surface area contributed by atoms with E-state index in [9.17, 15) is 12.8 Å². The van der Waals surface area contributed by atoms with Crippen molar-refractivity contribution in [2.45, 2.75) is 50.7 Å². The van der Waals surface area contributed by atoms with E-state index in [1.165, 1.54) is 0 Å². The Morgan fingerprint density at radius 3 is 2.71 bits per heavy atom. The summed E-state index contributed by atoms with van der Waals surface area (Å²) >= 11 is 0. The summed E-state index contributed by atoms with van der Waals surface area (Å²) in [6.45, 7) is 0.198. The van der Waals surface area contributed by atoms with Crippen LogP contribution in [0.2, 0.25) is 0 Å². The van der Waals surface area contributed by atoms with E-state index >= 15 is 0 Å². The summed E-state index contributed by atoms with van der Waals surface area (Å²) in [4.78, 5) is 9.45. The zero-order chi connectivity index (χ0) is 21.8. The Bertz CT molecular complexity index is 1250. The van der Waals surface area contributed by atoms with E-state index in [1.54, 1.807) is 16.8 Å². The molecule has 5 rings (SSSR count). The number of halogens is 1. The van der Waals surface area contributed by atoms with Crippen molar-refractivity contribution in [2.24, 2.45) is 10.7 Å². The van der Waals surface area contributed by atoms with Crippen LogP contribution in [0.25, 0.3) is 11.2 Å². The normalized spacial score (nSPS) is 23.8. The van der Waals surface area contributed by atoms with Crippen LogP contribution in [0.15, 0.2) is 29.0 Å². The highest BCUT2D eigenvalue weighted by Gasteiger charge is 2.30. The topological polar surface area (TPSA) is 129 Å². The summed E-state index contributed by atoms with van der Waals surface area (Å²) in [5.74, 6) is 0.683. The van der Waals surface area contributed by atoms with Gasteiger partial charge in [0, 0.05) is 41.9 Å². The predicted octanol–water partition coefficient (Wildman–Crippen LogP) is 2.31. The second-order valence-electron chi connectivity index (χ2n) is 8.44. The highest BCUT2D eigenvalue weighted by atomic mass is 32.2. The fourth-order valence-electron chi connectivity index (χ4n) is 4.72. The van der Waals surface area contributed by atoms with Crippen LogP contribution in [0.5, 0.6) is 0 Å². The van der Waals surface area contributed by atoms with Crippen molar-refractivity contribution in [3.63, 3.8) is 0 Å². The monoisotopic (exact) mass is 444 g/mol. The maximum absolute atomic E-state index is 13.9. The van der Waals surface area contributed by atoms with Gasteiger partial charge in [-0.25, -0.2) is 17.8 Å². The molecule has 2 aliphatic heterocycles. The number of nitrogens with two attached hydrogens (primary N) is 2. The highest BCUT2D eigenvalue weighted by Crippen LogP contribution is 2.36. The molecule has 4 heterocycles. The molecule has 1 fully saturated rings. The van der Waals surface area contributed by atoms with Gasteiger partial charge in [-0.15, -0.1) is 0 Å². The van der Waals surface area contributed by atoms with Gasteiger partial charge in [-0.1, -0.05) is 0 Å². The first-order valence-electron chi connectivity index (χ1n) is 10.5. The first kappa shape index (κ1) is 20.3. The van der Waals surface area contributed by atoms with Crippen LogP contribution in [-0.4, -0.2) is 46.4 Å². The zero-order valence-electron chi connectivity index (χ0n) is 17.1. The van der Waals surface area contributed by atoms with Gasteiger partial charge in [0.25, 0.3) is 0 Å². The molecular weight excluding hydrogens is 419 g/mol. The number of aromatic nitrogens is 3. The lowest BCUT2D eigenvalue weighted by molar-refractivity contribution is 0.378. The maximum atomic E-state index is 13.9. The number of allylic oxidation sites excluding steroid dienone is 3. The maximum Gasteiger partial charge on any atom is 0.165 e. The van der Waals surface area contributed by atoms with Gasteiger partial charge in [0.1, 0.15) is 21.8 Å². The summed E-state index contributed by atoms with van der Waals surface area (Å²) in [5, 5.41) is 4.43. The second kappa shape index (κ2) is 7.52. The van der Waals surface area contributed by atoms with E-state index in [-0.39, 0.29) is 24.0 Å². The lowest BCUT2D eigenvalue weighted by Gasteiger charge is -2.24. The van der Waals surface area contributed by atoms with Crippen molar-refractivity contribution in [3.8, 4) is 0 Å². The Kier molecular flexibility index (Phi) is 4.93. The first-order valence-corrected chi connectivity index (χ1v) is 12.4. The lowest BCUT2D eigenvalue weighted by atomic mass is 9.88. The van der Waals surface area contributed by atoms with Gasteiger partial charge in [-0.3, -0.25) is 4.99 Å². The molecule has 2 aromatic heterocycles. The summed E-state index contributed by atoms with van der Waals surface area (Å²) in [6, 6.07) is 0. The largest absolute Gasteiger partial charge is 0.383 e. The van der Waals surface area contributed by atoms with E-state index in [0.717, 1.165) is 28.1 Å². The van der Waals surface area contributed by atoms with Crippen molar-refractivity contribution < 1.29 is 12.8 Å². The standard InChI is InChI=1S/C21H25FN6O2S/c22-15-1-2-18-13(8-15)7-14(10-25-18)17-11-26-28-20(24)16(9-23)19(27-21(17)28)12-3-5-31(29,30)6-4-12/h8,10-12,15H,1-7,9,23-24H2. The fourth-order valence-corrected chi connectivity index (χ4v) is 6.21. The first-order chi connectivity index (χ1) is 14.9. The van der Waals surface area contributed by atoms with Crippen LogP contribution in [-0.2, 0) is 16.4 Å². The van der Waals surface area contributed by atoms with E-state index in [0.29, 0.717) is 49.1 Å². The number of hydrogen-bond acceptors (Lipinski definition) is 7. The summed E-state index contributed by atoms with van der Waals surface area (Å²) in [5.41, 5.74) is 18.0. The molecule has 1 unspecified atom stereocenters. The van der Waals surface area contributed by atoms with Gasteiger partial charge in [-0.05, 0) is 42.9 Å². The van der Waals surface area contributed by atoms with Gasteiger partial charge in [0.15, 0.2) is 5.65 Å². The van der Waals surface area contributed by atoms with E-state index < -0.39 is 16.0 Å². The van der Waals surface area contributed by atoms with Crippen molar-refractivity contribution in [1.82, 2.24) is 14.6 Å². The third-order valence-electron chi connectivity index (χ3n) is 6.47. The van der Waals surface area contributed by atoms with Crippen LogP contribution in [0.1, 0.15) is 54.8 Å². The molecule has 2 aromatic rings. The number of sulfone groups is 1. The average molecular weight is 445 g/mol. The van der Waals surface area contributed by atoms with Crippen LogP contribution >= 0.6 is 0 Å².